The Morgan fingerprint density at radius 2 is 2.13 bits per heavy atom. The second-order valence-electron chi connectivity index (χ2n) is 5.35. The van der Waals surface area contributed by atoms with E-state index in [-0.39, 0.29) is 0 Å². The maximum atomic E-state index is 5.36. The average Bonchev–Trinajstić information content (AvgIpc) is 2.97. The fourth-order valence-corrected chi connectivity index (χ4v) is 2.31. The molecule has 0 saturated heterocycles. The Labute approximate surface area is 137 Å². The SMILES string of the molecule is CN=C(NCCc1ccc(C)c(OC)c1)NCc1ccnn1C. The molecule has 0 amide bonds. The molecule has 2 N–H and O–H groups in total. The van der Waals surface area contributed by atoms with Gasteiger partial charge in [0.15, 0.2) is 5.96 Å². The molecule has 1 heterocycles. The number of rotatable bonds is 6. The second-order valence-corrected chi connectivity index (χ2v) is 5.35. The van der Waals surface area contributed by atoms with Crippen LogP contribution in [0.25, 0.3) is 0 Å². The molecule has 23 heavy (non-hydrogen) atoms. The van der Waals surface area contributed by atoms with Crippen molar-refractivity contribution in [1.82, 2.24) is 20.4 Å². The highest BCUT2D eigenvalue weighted by Gasteiger charge is 2.03. The quantitative estimate of drug-likeness (QED) is 0.628. The lowest BCUT2D eigenvalue weighted by atomic mass is 10.1. The van der Waals surface area contributed by atoms with Gasteiger partial charge in [-0.15, -0.1) is 0 Å². The zero-order valence-electron chi connectivity index (χ0n) is 14.3. The van der Waals surface area contributed by atoms with Crippen molar-refractivity contribution in [1.29, 1.82) is 0 Å². The van der Waals surface area contributed by atoms with Crippen LogP contribution in [0.3, 0.4) is 0 Å². The minimum atomic E-state index is 0.689. The van der Waals surface area contributed by atoms with Gasteiger partial charge in [0.1, 0.15) is 5.75 Å². The van der Waals surface area contributed by atoms with Crippen molar-refractivity contribution in [2.45, 2.75) is 19.9 Å². The van der Waals surface area contributed by atoms with Crippen molar-refractivity contribution in [2.75, 3.05) is 20.7 Å². The summed E-state index contributed by atoms with van der Waals surface area (Å²) in [7, 11) is 5.40. The highest BCUT2D eigenvalue weighted by molar-refractivity contribution is 5.79. The van der Waals surface area contributed by atoms with Crippen LogP contribution in [-0.4, -0.2) is 36.4 Å². The van der Waals surface area contributed by atoms with Crippen molar-refractivity contribution in [3.63, 3.8) is 0 Å². The molecule has 6 nitrogen and oxygen atoms in total. The van der Waals surface area contributed by atoms with Gasteiger partial charge in [-0.05, 0) is 36.6 Å². The van der Waals surface area contributed by atoms with Crippen LogP contribution >= 0.6 is 0 Å². The number of nitrogens with zero attached hydrogens (tertiary/aromatic N) is 3. The third-order valence-electron chi connectivity index (χ3n) is 3.76. The lowest BCUT2D eigenvalue weighted by molar-refractivity contribution is 0.411. The van der Waals surface area contributed by atoms with Gasteiger partial charge >= 0.3 is 0 Å². The number of methoxy groups -OCH3 is 1. The molecule has 0 saturated carbocycles. The van der Waals surface area contributed by atoms with Crippen molar-refractivity contribution in [3.05, 3.63) is 47.3 Å². The van der Waals surface area contributed by atoms with E-state index in [2.05, 4.69) is 38.9 Å². The molecule has 0 aliphatic carbocycles. The van der Waals surface area contributed by atoms with E-state index >= 15 is 0 Å². The van der Waals surface area contributed by atoms with E-state index < -0.39 is 0 Å². The maximum absolute atomic E-state index is 5.36. The largest absolute Gasteiger partial charge is 0.496 e. The molecule has 6 heteroatoms. The average molecular weight is 315 g/mol. The molecule has 1 aromatic heterocycles. The predicted octanol–water partition coefficient (Wildman–Crippen LogP) is 1.64. The lowest BCUT2D eigenvalue weighted by Crippen LogP contribution is -2.38. The highest BCUT2D eigenvalue weighted by Crippen LogP contribution is 2.18. The summed E-state index contributed by atoms with van der Waals surface area (Å²) in [5, 5.41) is 10.8. The topological polar surface area (TPSA) is 63.5 Å². The number of aliphatic imine (C=N–C) groups is 1. The first-order valence-electron chi connectivity index (χ1n) is 7.69. The number of nitrogens with one attached hydrogen (secondary N) is 2. The van der Waals surface area contributed by atoms with Crippen molar-refractivity contribution >= 4 is 5.96 Å². The molecule has 0 radical (unpaired) electrons. The number of aromatic nitrogens is 2. The molecule has 124 valence electrons. The summed E-state index contributed by atoms with van der Waals surface area (Å²) in [5.41, 5.74) is 3.50. The van der Waals surface area contributed by atoms with Gasteiger partial charge in [0, 0.05) is 26.8 Å². The number of aryl methyl sites for hydroxylation is 2. The number of hydrogen-bond acceptors (Lipinski definition) is 3. The fourth-order valence-electron chi connectivity index (χ4n) is 2.31. The van der Waals surface area contributed by atoms with Crippen LogP contribution in [0.1, 0.15) is 16.8 Å². The molecule has 1 aromatic carbocycles. The fraction of sp³-hybridized carbons (Fsp3) is 0.412. The lowest BCUT2D eigenvalue weighted by Gasteiger charge is -2.12. The van der Waals surface area contributed by atoms with E-state index in [4.69, 9.17) is 4.74 Å². The van der Waals surface area contributed by atoms with Gasteiger partial charge in [0.05, 0.1) is 19.3 Å². The van der Waals surface area contributed by atoms with E-state index in [1.807, 2.05) is 24.7 Å². The van der Waals surface area contributed by atoms with Crippen molar-refractivity contribution in [2.24, 2.45) is 12.0 Å². The predicted molar refractivity (Wildman–Crippen MR) is 92.8 cm³/mol. The van der Waals surface area contributed by atoms with Gasteiger partial charge in [-0.2, -0.15) is 5.10 Å². The summed E-state index contributed by atoms with van der Waals surface area (Å²) in [4.78, 5) is 4.24. The normalized spacial score (nSPS) is 11.4. The van der Waals surface area contributed by atoms with Crippen LogP contribution in [0.5, 0.6) is 5.75 Å². The van der Waals surface area contributed by atoms with Crippen LogP contribution in [0, 0.1) is 6.92 Å². The summed E-state index contributed by atoms with van der Waals surface area (Å²) in [6.07, 6.45) is 2.70. The maximum Gasteiger partial charge on any atom is 0.191 e. The zero-order valence-corrected chi connectivity index (χ0v) is 14.3. The number of ether oxygens (including phenoxy) is 1. The Kier molecular flexibility index (Phi) is 6.02. The molecule has 0 fully saturated rings. The van der Waals surface area contributed by atoms with Gasteiger partial charge in [0.2, 0.25) is 0 Å². The molecule has 2 aromatic rings. The molecule has 0 aliphatic rings. The van der Waals surface area contributed by atoms with E-state index in [0.29, 0.717) is 6.54 Å². The van der Waals surface area contributed by atoms with Gasteiger partial charge in [0.25, 0.3) is 0 Å². The number of guanidine groups is 1. The van der Waals surface area contributed by atoms with Crippen molar-refractivity contribution < 1.29 is 4.74 Å². The summed E-state index contributed by atoms with van der Waals surface area (Å²) in [6.45, 7) is 3.54. The first kappa shape index (κ1) is 16.9. The highest BCUT2D eigenvalue weighted by atomic mass is 16.5. The van der Waals surface area contributed by atoms with E-state index in [9.17, 15) is 0 Å². The second kappa shape index (κ2) is 8.22. The molecular weight excluding hydrogens is 290 g/mol. The van der Waals surface area contributed by atoms with Gasteiger partial charge in [-0.3, -0.25) is 9.67 Å². The molecular formula is C17H25N5O. The summed E-state index contributed by atoms with van der Waals surface area (Å²) < 4.78 is 7.21. The Morgan fingerprint density at radius 3 is 2.78 bits per heavy atom. The molecule has 0 atom stereocenters. The van der Waals surface area contributed by atoms with Crippen LogP contribution in [-0.2, 0) is 20.0 Å². The number of hydrogen-bond donors (Lipinski definition) is 2. The van der Waals surface area contributed by atoms with Gasteiger partial charge in [-0.1, -0.05) is 12.1 Å². The van der Waals surface area contributed by atoms with Crippen LogP contribution in [0.2, 0.25) is 0 Å². The molecule has 0 bridgehead atoms. The first-order chi connectivity index (χ1) is 11.1. The van der Waals surface area contributed by atoms with Gasteiger partial charge in [-0.25, -0.2) is 0 Å². The Morgan fingerprint density at radius 1 is 1.30 bits per heavy atom. The third kappa shape index (κ3) is 4.74. The molecule has 0 spiro atoms. The Bertz CT molecular complexity index is 663. The van der Waals surface area contributed by atoms with Crippen LogP contribution in [0.4, 0.5) is 0 Å². The summed E-state index contributed by atoms with van der Waals surface area (Å²) in [6, 6.07) is 8.29. The van der Waals surface area contributed by atoms with E-state index in [1.54, 1.807) is 20.4 Å². The van der Waals surface area contributed by atoms with Crippen LogP contribution in [0.15, 0.2) is 35.5 Å². The van der Waals surface area contributed by atoms with Gasteiger partial charge < -0.3 is 15.4 Å². The first-order valence-corrected chi connectivity index (χ1v) is 7.69. The van der Waals surface area contributed by atoms with E-state index in [0.717, 1.165) is 35.9 Å². The molecule has 2 rings (SSSR count). The smallest absolute Gasteiger partial charge is 0.191 e. The third-order valence-corrected chi connectivity index (χ3v) is 3.76. The minimum absolute atomic E-state index is 0.689. The summed E-state index contributed by atoms with van der Waals surface area (Å²) >= 11 is 0. The molecule has 0 aliphatic heterocycles. The minimum Gasteiger partial charge on any atom is -0.496 e. The monoisotopic (exact) mass is 315 g/mol. The van der Waals surface area contributed by atoms with Crippen LogP contribution < -0.4 is 15.4 Å². The Balaban J connectivity index is 1.81. The Hall–Kier alpha value is -2.50. The number of benzene rings is 1. The summed E-state index contributed by atoms with van der Waals surface area (Å²) in [5.74, 6) is 1.71. The zero-order chi connectivity index (χ0) is 16.7. The van der Waals surface area contributed by atoms with Crippen molar-refractivity contribution in [3.8, 4) is 5.75 Å². The standard InChI is InChI=1S/C17H25N5O/c1-13-5-6-14(11-16(13)23-4)7-9-19-17(18-2)20-12-15-8-10-21-22(15)3/h5-6,8,10-11H,7,9,12H2,1-4H3,(H2,18,19,20). The molecule has 0 unspecified atom stereocenters. The van der Waals surface area contributed by atoms with E-state index in [1.165, 1.54) is 5.56 Å².